The summed E-state index contributed by atoms with van der Waals surface area (Å²) in [4.78, 5) is 27.3. The van der Waals surface area contributed by atoms with Gasteiger partial charge >= 0.3 is 23.8 Å². The van der Waals surface area contributed by atoms with Crippen molar-refractivity contribution in [2.75, 3.05) is 24.9 Å². The molecule has 12 heteroatoms. The van der Waals surface area contributed by atoms with E-state index in [4.69, 9.17) is 24.5 Å². The van der Waals surface area contributed by atoms with Crippen LogP contribution in [0.2, 0.25) is 0 Å². The molecule has 0 bridgehead atoms. The van der Waals surface area contributed by atoms with Crippen LogP contribution in [0.15, 0.2) is 47.0 Å². The van der Waals surface area contributed by atoms with Gasteiger partial charge in [0.25, 0.3) is 0 Å². The van der Waals surface area contributed by atoms with E-state index in [1.807, 2.05) is 24.3 Å². The summed E-state index contributed by atoms with van der Waals surface area (Å²) in [7, 11) is 2.00. The zero-order valence-corrected chi connectivity index (χ0v) is 20.5. The Bertz CT molecular complexity index is 1090. The number of hydrogen-bond acceptors (Lipinski definition) is 10. The van der Waals surface area contributed by atoms with Gasteiger partial charge in [0.15, 0.2) is 0 Å². The summed E-state index contributed by atoms with van der Waals surface area (Å²) in [6, 6.07) is 11.2. The number of benzene rings is 1. The minimum atomic E-state index is -0.806. The predicted molar refractivity (Wildman–Crippen MR) is 131 cm³/mol. The van der Waals surface area contributed by atoms with Crippen LogP contribution in [0.25, 0.3) is 0 Å². The lowest BCUT2D eigenvalue weighted by Crippen LogP contribution is -2.38. The number of carbonyl (C=O) groups is 2. The topological polar surface area (TPSA) is 180 Å². The number of nitrogens with zero attached hydrogens (tertiary/aromatic N) is 3. The average molecular weight is 502 g/mol. The molecule has 1 saturated carbocycles. The van der Waals surface area contributed by atoms with Crippen LogP contribution in [0, 0.1) is 5.92 Å². The minimum Gasteiger partial charge on any atom is -0.481 e. The fourth-order valence-electron chi connectivity index (χ4n) is 3.18. The first-order valence-electron chi connectivity index (χ1n) is 11.1. The van der Waals surface area contributed by atoms with Crippen LogP contribution in [-0.2, 0) is 4.79 Å². The van der Waals surface area contributed by atoms with Crippen molar-refractivity contribution in [3.05, 3.63) is 54.0 Å². The number of hydrogen-bond donors (Lipinski definition) is 5. The summed E-state index contributed by atoms with van der Waals surface area (Å²) in [6.45, 7) is 4.23. The number of carboxylic acids is 1. The van der Waals surface area contributed by atoms with E-state index < -0.39 is 11.9 Å². The van der Waals surface area contributed by atoms with E-state index in [0.29, 0.717) is 30.3 Å². The third-order valence-electron chi connectivity index (χ3n) is 5.17. The molecular weight excluding hydrogens is 470 g/mol. The van der Waals surface area contributed by atoms with E-state index in [1.54, 1.807) is 12.1 Å². The van der Waals surface area contributed by atoms with E-state index in [9.17, 15) is 9.59 Å². The van der Waals surface area contributed by atoms with Crippen LogP contribution >= 0.6 is 0 Å². The maximum atomic E-state index is 12.4. The Hall–Kier alpha value is -4.03. The molecule has 1 aliphatic carbocycles. The van der Waals surface area contributed by atoms with Crippen LogP contribution in [0.4, 0.5) is 17.4 Å². The van der Waals surface area contributed by atoms with Gasteiger partial charge in [0.2, 0.25) is 5.88 Å². The SMILES string of the molecule is CC(C)c1ccc(Nc2nnc(C(=O)Nc3ccc(OC4CC(C(=O)O)C4)nc3)o2)cc1.CO.CO. The van der Waals surface area contributed by atoms with Gasteiger partial charge in [0, 0.05) is 26.0 Å². The summed E-state index contributed by atoms with van der Waals surface area (Å²) in [6.07, 6.45) is 2.21. The van der Waals surface area contributed by atoms with Crippen LogP contribution in [0.3, 0.4) is 0 Å². The summed E-state index contributed by atoms with van der Waals surface area (Å²) < 4.78 is 11.0. The summed E-state index contributed by atoms with van der Waals surface area (Å²) in [5.41, 5.74) is 2.41. The number of aliphatic hydroxyl groups is 2. The second-order valence-corrected chi connectivity index (χ2v) is 7.90. The Morgan fingerprint density at radius 2 is 1.64 bits per heavy atom. The standard InChI is InChI=1S/C22H23N5O5.2CH4O/c1-12(2)13-3-5-15(6-4-13)25-22-27-26-20(32-22)19(28)24-16-7-8-18(23-11-16)31-17-9-14(10-17)21(29)30;2*1-2/h3-8,11-12,14,17H,9-10H2,1-2H3,(H,24,28)(H,25,27)(H,29,30);2*2H,1H3. The number of rotatable bonds is 8. The molecule has 4 rings (SSSR count). The minimum absolute atomic E-state index is 0.106. The second-order valence-electron chi connectivity index (χ2n) is 7.90. The Kier molecular flexibility index (Phi) is 10.8. The number of aromatic nitrogens is 3. The Labute approximate surface area is 208 Å². The predicted octanol–water partition coefficient (Wildman–Crippen LogP) is 3.04. The van der Waals surface area contributed by atoms with Crippen molar-refractivity contribution in [1.82, 2.24) is 15.2 Å². The maximum Gasteiger partial charge on any atom is 0.320 e. The quantitative estimate of drug-likeness (QED) is 0.306. The molecule has 2 aromatic heterocycles. The zero-order valence-electron chi connectivity index (χ0n) is 20.5. The van der Waals surface area contributed by atoms with Gasteiger partial charge in [-0.3, -0.25) is 9.59 Å². The third-order valence-corrected chi connectivity index (χ3v) is 5.17. The molecule has 194 valence electrons. The van der Waals surface area contributed by atoms with Crippen molar-refractivity contribution < 1.29 is 34.1 Å². The number of aliphatic carboxylic acids is 1. The molecule has 0 unspecified atom stereocenters. The molecule has 1 amide bonds. The number of anilines is 3. The highest BCUT2D eigenvalue weighted by Gasteiger charge is 2.36. The van der Waals surface area contributed by atoms with Crippen molar-refractivity contribution in [1.29, 1.82) is 0 Å². The highest BCUT2D eigenvalue weighted by molar-refractivity contribution is 6.00. The van der Waals surface area contributed by atoms with Crippen molar-refractivity contribution in [2.24, 2.45) is 5.92 Å². The van der Waals surface area contributed by atoms with Gasteiger partial charge in [-0.25, -0.2) is 4.98 Å². The molecular formula is C24H31N5O7. The molecule has 3 aromatic rings. The molecule has 0 spiro atoms. The van der Waals surface area contributed by atoms with Crippen LogP contribution in [0.5, 0.6) is 5.88 Å². The van der Waals surface area contributed by atoms with Gasteiger partial charge in [-0.15, -0.1) is 5.10 Å². The first-order chi connectivity index (χ1) is 17.4. The molecule has 1 aliphatic rings. The molecule has 0 atom stereocenters. The lowest BCUT2D eigenvalue weighted by molar-refractivity contribution is -0.148. The normalized spacial score (nSPS) is 15.9. The van der Waals surface area contributed by atoms with Crippen LogP contribution in [-0.4, -0.2) is 62.7 Å². The van der Waals surface area contributed by atoms with Gasteiger partial charge in [-0.2, -0.15) is 0 Å². The Morgan fingerprint density at radius 1 is 1.00 bits per heavy atom. The third kappa shape index (κ3) is 7.75. The number of carboxylic acid groups (broad SMARTS) is 1. The number of nitrogens with one attached hydrogen (secondary N) is 2. The lowest BCUT2D eigenvalue weighted by atomic mass is 9.82. The van der Waals surface area contributed by atoms with Gasteiger partial charge in [-0.1, -0.05) is 31.1 Å². The first-order valence-corrected chi connectivity index (χ1v) is 11.1. The monoisotopic (exact) mass is 501 g/mol. The zero-order chi connectivity index (χ0) is 26.7. The molecule has 5 N–H and O–H groups in total. The van der Waals surface area contributed by atoms with E-state index in [2.05, 4.69) is 39.7 Å². The van der Waals surface area contributed by atoms with Crippen molar-refractivity contribution in [3.63, 3.8) is 0 Å². The van der Waals surface area contributed by atoms with E-state index >= 15 is 0 Å². The number of amides is 1. The van der Waals surface area contributed by atoms with Gasteiger partial charge < -0.3 is 35.1 Å². The molecule has 36 heavy (non-hydrogen) atoms. The van der Waals surface area contributed by atoms with Gasteiger partial charge in [0.1, 0.15) is 6.10 Å². The summed E-state index contributed by atoms with van der Waals surface area (Å²) >= 11 is 0. The first kappa shape index (κ1) is 28.2. The maximum absolute atomic E-state index is 12.4. The molecule has 0 radical (unpaired) electrons. The highest BCUT2D eigenvalue weighted by Crippen LogP contribution is 2.31. The van der Waals surface area contributed by atoms with Crippen LogP contribution < -0.4 is 15.4 Å². The lowest BCUT2D eigenvalue weighted by Gasteiger charge is -2.31. The number of ether oxygens (including phenoxy) is 1. The molecule has 2 heterocycles. The Morgan fingerprint density at radius 3 is 2.19 bits per heavy atom. The van der Waals surface area contributed by atoms with Crippen molar-refractivity contribution in [2.45, 2.75) is 38.7 Å². The summed E-state index contributed by atoms with van der Waals surface area (Å²) in [5, 5.41) is 36.1. The van der Waals surface area contributed by atoms with E-state index in [0.717, 1.165) is 19.9 Å². The van der Waals surface area contributed by atoms with Crippen LogP contribution in [0.1, 0.15) is 48.9 Å². The Balaban J connectivity index is 0.00000109. The van der Waals surface area contributed by atoms with E-state index in [-0.39, 0.29) is 23.9 Å². The van der Waals surface area contributed by atoms with E-state index in [1.165, 1.54) is 11.8 Å². The number of carbonyl (C=O) groups excluding carboxylic acids is 1. The molecule has 0 saturated heterocycles. The molecule has 1 fully saturated rings. The number of pyridine rings is 1. The smallest absolute Gasteiger partial charge is 0.320 e. The fourth-order valence-corrected chi connectivity index (χ4v) is 3.18. The highest BCUT2D eigenvalue weighted by atomic mass is 16.5. The fraction of sp³-hybridized carbons (Fsp3) is 0.375. The second kappa shape index (κ2) is 13.8. The molecule has 12 nitrogen and oxygen atoms in total. The average Bonchev–Trinajstić information content (AvgIpc) is 3.33. The summed E-state index contributed by atoms with van der Waals surface area (Å²) in [5.74, 6) is -1.13. The van der Waals surface area contributed by atoms with Gasteiger partial charge in [0.05, 0.1) is 17.8 Å². The molecule has 1 aromatic carbocycles. The number of aliphatic hydroxyl groups excluding tert-OH is 2. The molecule has 0 aliphatic heterocycles. The largest absolute Gasteiger partial charge is 0.481 e. The van der Waals surface area contributed by atoms with Crippen molar-refractivity contribution >= 4 is 29.3 Å². The van der Waals surface area contributed by atoms with Gasteiger partial charge in [-0.05, 0) is 42.5 Å². The van der Waals surface area contributed by atoms with Crippen molar-refractivity contribution in [3.8, 4) is 5.88 Å².